The number of benzene rings is 1. The van der Waals surface area contributed by atoms with Crippen LogP contribution in [-0.2, 0) is 4.79 Å². The van der Waals surface area contributed by atoms with Crippen LogP contribution in [0.1, 0.15) is 18.1 Å². The number of nitrogens with one attached hydrogen (secondary N) is 1. The maximum absolute atomic E-state index is 11.4. The van der Waals surface area contributed by atoms with Crippen LogP contribution in [0.15, 0.2) is 16.6 Å². The van der Waals surface area contributed by atoms with Crippen molar-refractivity contribution >= 4 is 33.2 Å². The topological polar surface area (TPSA) is 72.8 Å². The first-order valence-corrected chi connectivity index (χ1v) is 6.61. The van der Waals surface area contributed by atoms with E-state index in [9.17, 15) is 15.0 Å². The minimum Gasteiger partial charge on any atom is -0.391 e. The van der Waals surface area contributed by atoms with Crippen molar-refractivity contribution in [2.24, 2.45) is 0 Å². The van der Waals surface area contributed by atoms with E-state index in [1.807, 2.05) is 6.07 Å². The number of halogens is 1. The number of carbonyl (C=O) groups is 1. The van der Waals surface area contributed by atoms with E-state index in [0.717, 1.165) is 23.1 Å². The Morgan fingerprint density at radius 1 is 1.39 bits per heavy atom. The molecule has 18 heavy (non-hydrogen) atoms. The van der Waals surface area contributed by atoms with Crippen LogP contribution in [0, 0.1) is 0 Å². The minimum atomic E-state index is -1.09. The molecule has 3 N–H and O–H groups in total. The molecule has 96 valence electrons. The van der Waals surface area contributed by atoms with E-state index in [1.165, 1.54) is 0 Å². The highest BCUT2D eigenvalue weighted by atomic mass is 79.9. The van der Waals surface area contributed by atoms with Gasteiger partial charge < -0.3 is 20.4 Å². The van der Waals surface area contributed by atoms with Crippen molar-refractivity contribution < 1.29 is 15.0 Å². The van der Waals surface area contributed by atoms with Crippen LogP contribution in [0.25, 0.3) is 0 Å². The van der Waals surface area contributed by atoms with Gasteiger partial charge in [-0.25, -0.2) is 0 Å². The number of β-amino-alcohol motifs (C(OH)–C–C–N with tert-alkyl or cyclic N) is 1. The lowest BCUT2D eigenvalue weighted by Crippen LogP contribution is -2.21. The van der Waals surface area contributed by atoms with Gasteiger partial charge >= 0.3 is 0 Å². The summed E-state index contributed by atoms with van der Waals surface area (Å²) in [6.07, 6.45) is -0.641. The van der Waals surface area contributed by atoms with Crippen molar-refractivity contribution in [1.29, 1.82) is 0 Å². The molecule has 1 fully saturated rings. The second-order valence-corrected chi connectivity index (χ2v) is 5.53. The monoisotopic (exact) mass is 312 g/mol. The second-order valence-electron chi connectivity index (χ2n) is 4.67. The standard InChI is InChI=1S/C12H13BrN2O3/c13-8-3-7-9(14-12(18)11(7)17)4-10(8)15-2-1-6(16)5-15/h3-4,6,11,16-17H,1-2,5H2,(H,14,18). The normalized spacial score (nSPS) is 26.4. The highest BCUT2D eigenvalue weighted by Gasteiger charge is 2.31. The summed E-state index contributed by atoms with van der Waals surface area (Å²) in [5.41, 5.74) is 2.17. The van der Waals surface area contributed by atoms with E-state index in [-0.39, 0.29) is 6.10 Å². The summed E-state index contributed by atoms with van der Waals surface area (Å²) < 4.78 is 0.825. The summed E-state index contributed by atoms with van der Waals surface area (Å²) in [5.74, 6) is -0.393. The first kappa shape index (κ1) is 12.0. The first-order valence-electron chi connectivity index (χ1n) is 5.81. The Kier molecular flexibility index (Phi) is 2.80. The van der Waals surface area contributed by atoms with Crippen LogP contribution in [0.2, 0.25) is 0 Å². The molecule has 1 aromatic carbocycles. The molecule has 3 rings (SSSR count). The average molecular weight is 313 g/mol. The Hall–Kier alpha value is -1.11. The van der Waals surface area contributed by atoms with Crippen LogP contribution in [0.4, 0.5) is 11.4 Å². The SMILES string of the molecule is O=C1Nc2cc(N3CCC(O)C3)c(Br)cc2C1O. The molecule has 1 amide bonds. The summed E-state index contributed by atoms with van der Waals surface area (Å²) in [5, 5.41) is 21.9. The van der Waals surface area contributed by atoms with Crippen molar-refractivity contribution in [2.75, 3.05) is 23.3 Å². The number of amides is 1. The molecule has 0 radical (unpaired) electrons. The number of aliphatic hydroxyl groups is 2. The van der Waals surface area contributed by atoms with Gasteiger partial charge in [0.05, 0.1) is 11.8 Å². The van der Waals surface area contributed by atoms with E-state index in [0.29, 0.717) is 17.8 Å². The van der Waals surface area contributed by atoms with Crippen molar-refractivity contribution in [3.05, 3.63) is 22.2 Å². The summed E-state index contributed by atoms with van der Waals surface area (Å²) in [7, 11) is 0. The zero-order chi connectivity index (χ0) is 12.9. The Morgan fingerprint density at radius 2 is 2.17 bits per heavy atom. The van der Waals surface area contributed by atoms with Crippen molar-refractivity contribution in [3.8, 4) is 0 Å². The van der Waals surface area contributed by atoms with Gasteiger partial charge in [0.1, 0.15) is 0 Å². The quantitative estimate of drug-likeness (QED) is 0.723. The first-order chi connectivity index (χ1) is 8.56. The Morgan fingerprint density at radius 3 is 2.83 bits per heavy atom. The molecule has 2 unspecified atom stereocenters. The fraction of sp³-hybridized carbons (Fsp3) is 0.417. The molecule has 0 aliphatic carbocycles. The highest BCUT2D eigenvalue weighted by Crippen LogP contribution is 2.39. The molecular formula is C12H13BrN2O3. The van der Waals surface area contributed by atoms with Crippen molar-refractivity contribution in [2.45, 2.75) is 18.6 Å². The average Bonchev–Trinajstić information content (AvgIpc) is 2.86. The van der Waals surface area contributed by atoms with Crippen LogP contribution >= 0.6 is 15.9 Å². The van der Waals surface area contributed by atoms with Crippen molar-refractivity contribution in [1.82, 2.24) is 0 Å². The van der Waals surface area contributed by atoms with E-state index < -0.39 is 12.0 Å². The molecule has 2 aliphatic heterocycles. The summed E-state index contributed by atoms with van der Waals surface area (Å²) in [6.45, 7) is 1.38. The number of hydrogen-bond acceptors (Lipinski definition) is 4. The van der Waals surface area contributed by atoms with Crippen LogP contribution in [-0.4, -0.2) is 35.3 Å². The third-order valence-corrected chi connectivity index (χ3v) is 4.06. The third-order valence-electron chi connectivity index (χ3n) is 3.42. The maximum atomic E-state index is 11.4. The van der Waals surface area contributed by atoms with Crippen LogP contribution < -0.4 is 10.2 Å². The van der Waals surface area contributed by atoms with Gasteiger partial charge in [0, 0.05) is 28.8 Å². The predicted octanol–water partition coefficient (Wildman–Crippen LogP) is 1.01. The van der Waals surface area contributed by atoms with Gasteiger partial charge in [0.2, 0.25) is 0 Å². The molecule has 2 heterocycles. The minimum absolute atomic E-state index is 0.301. The molecule has 2 atom stereocenters. The molecule has 0 spiro atoms. The molecule has 1 saturated heterocycles. The molecule has 5 nitrogen and oxygen atoms in total. The van der Waals surface area contributed by atoms with Gasteiger partial charge in [-0.3, -0.25) is 4.79 Å². The lowest BCUT2D eigenvalue weighted by molar-refractivity contribution is -0.123. The molecule has 0 saturated carbocycles. The Balaban J connectivity index is 1.98. The lowest BCUT2D eigenvalue weighted by Gasteiger charge is -2.20. The van der Waals surface area contributed by atoms with Gasteiger partial charge in [-0.05, 0) is 34.5 Å². The molecule has 6 heteroatoms. The van der Waals surface area contributed by atoms with E-state index in [1.54, 1.807) is 6.07 Å². The number of carbonyl (C=O) groups excluding carboxylic acids is 1. The number of rotatable bonds is 1. The van der Waals surface area contributed by atoms with Crippen LogP contribution in [0.5, 0.6) is 0 Å². The number of hydrogen-bond donors (Lipinski definition) is 3. The number of fused-ring (bicyclic) bond motifs is 1. The number of anilines is 2. The van der Waals surface area contributed by atoms with Gasteiger partial charge in [-0.2, -0.15) is 0 Å². The number of aliphatic hydroxyl groups excluding tert-OH is 2. The smallest absolute Gasteiger partial charge is 0.257 e. The second kappa shape index (κ2) is 4.22. The molecule has 1 aromatic rings. The highest BCUT2D eigenvalue weighted by molar-refractivity contribution is 9.10. The van der Waals surface area contributed by atoms with E-state index in [2.05, 4.69) is 26.1 Å². The molecular weight excluding hydrogens is 300 g/mol. The van der Waals surface area contributed by atoms with Gasteiger partial charge in [0.25, 0.3) is 5.91 Å². The van der Waals surface area contributed by atoms with Gasteiger partial charge in [-0.15, -0.1) is 0 Å². The molecule has 2 aliphatic rings. The van der Waals surface area contributed by atoms with Gasteiger partial charge in [0.15, 0.2) is 6.10 Å². The molecule has 0 aromatic heterocycles. The fourth-order valence-corrected chi connectivity index (χ4v) is 3.07. The summed E-state index contributed by atoms with van der Waals surface area (Å²) >= 11 is 3.45. The zero-order valence-electron chi connectivity index (χ0n) is 9.56. The Labute approximate surface area is 113 Å². The zero-order valence-corrected chi connectivity index (χ0v) is 11.1. The van der Waals surface area contributed by atoms with Crippen LogP contribution in [0.3, 0.4) is 0 Å². The Bertz CT molecular complexity index is 520. The van der Waals surface area contributed by atoms with E-state index >= 15 is 0 Å². The predicted molar refractivity (Wildman–Crippen MR) is 70.6 cm³/mol. The maximum Gasteiger partial charge on any atom is 0.257 e. The molecule has 0 bridgehead atoms. The largest absolute Gasteiger partial charge is 0.391 e. The fourth-order valence-electron chi connectivity index (χ4n) is 2.46. The van der Waals surface area contributed by atoms with Gasteiger partial charge in [-0.1, -0.05) is 0 Å². The lowest BCUT2D eigenvalue weighted by atomic mass is 10.1. The van der Waals surface area contributed by atoms with Crippen molar-refractivity contribution in [3.63, 3.8) is 0 Å². The summed E-state index contributed by atoms with van der Waals surface area (Å²) in [4.78, 5) is 13.5. The number of nitrogens with zero attached hydrogens (tertiary/aromatic N) is 1. The summed E-state index contributed by atoms with van der Waals surface area (Å²) in [6, 6.07) is 3.60. The van der Waals surface area contributed by atoms with E-state index in [4.69, 9.17) is 0 Å². The third kappa shape index (κ3) is 1.81.